The fraction of sp³-hybridized carbons (Fsp3) is 0.212. The standard InChI is InChI=1S/C33H29N5O3S/c1-20-7-12-26(13-8-20)42(39,40)41-18-21-15-25(16-21)31-32-29(33(34)36-19-35-32)30(38-31)24-10-9-23-11-14-27(37-28(23)17-24)22-5-3-2-4-6-22/h2-14,17,19,21,25,31H,15-16,18H2,1H3,(H2,34,35,36)/t21?,25?,31-/m1/s1. The molecule has 210 valence electrons. The van der Waals surface area contributed by atoms with Gasteiger partial charge in [0.05, 0.1) is 45.7 Å². The summed E-state index contributed by atoms with van der Waals surface area (Å²) in [5.74, 6) is 0.726. The van der Waals surface area contributed by atoms with Crippen LogP contribution in [0.4, 0.5) is 5.82 Å². The van der Waals surface area contributed by atoms with Crippen molar-refractivity contribution in [3.05, 3.63) is 114 Å². The van der Waals surface area contributed by atoms with Crippen LogP contribution in [0.1, 0.15) is 41.3 Å². The lowest BCUT2D eigenvalue weighted by molar-refractivity contribution is 0.106. The number of aromatic nitrogens is 3. The quantitative estimate of drug-likeness (QED) is 0.240. The van der Waals surface area contributed by atoms with Crippen LogP contribution in [0.15, 0.2) is 101 Å². The molecule has 0 amide bonds. The van der Waals surface area contributed by atoms with E-state index in [2.05, 4.69) is 16.0 Å². The maximum absolute atomic E-state index is 12.6. The lowest BCUT2D eigenvalue weighted by Crippen LogP contribution is -2.32. The van der Waals surface area contributed by atoms with Crippen molar-refractivity contribution in [2.24, 2.45) is 16.8 Å². The van der Waals surface area contributed by atoms with Crippen molar-refractivity contribution in [1.29, 1.82) is 0 Å². The molecule has 0 bridgehead atoms. The summed E-state index contributed by atoms with van der Waals surface area (Å²) < 4.78 is 30.7. The SMILES string of the molecule is Cc1ccc(S(=O)(=O)OCC2CC([C@H]3N=C(c4ccc5ccc(-c6ccccc6)nc5c4)c4c(N)ncnc43)C2)cc1. The number of aryl methyl sites for hydroxylation is 1. The number of nitrogen functional groups attached to an aromatic ring is 1. The van der Waals surface area contributed by atoms with E-state index in [1.807, 2.05) is 61.5 Å². The van der Waals surface area contributed by atoms with E-state index in [0.29, 0.717) is 5.82 Å². The number of pyridine rings is 1. The fourth-order valence-electron chi connectivity index (χ4n) is 5.87. The molecule has 5 aromatic rings. The summed E-state index contributed by atoms with van der Waals surface area (Å²) in [5, 5.41) is 1.04. The maximum atomic E-state index is 12.6. The van der Waals surface area contributed by atoms with Gasteiger partial charge in [0, 0.05) is 16.5 Å². The topological polar surface area (TPSA) is 120 Å². The molecule has 0 saturated heterocycles. The average molecular weight is 576 g/mol. The van der Waals surface area contributed by atoms with Crippen molar-refractivity contribution in [2.75, 3.05) is 12.3 Å². The molecule has 0 unspecified atom stereocenters. The molecule has 1 fully saturated rings. The highest BCUT2D eigenvalue weighted by Gasteiger charge is 2.42. The van der Waals surface area contributed by atoms with Crippen LogP contribution in [0.3, 0.4) is 0 Å². The predicted molar refractivity (Wildman–Crippen MR) is 163 cm³/mol. The third-order valence-corrected chi connectivity index (χ3v) is 9.51. The Morgan fingerprint density at radius 3 is 2.45 bits per heavy atom. The molecule has 1 atom stereocenters. The minimum Gasteiger partial charge on any atom is -0.383 e. The van der Waals surface area contributed by atoms with Crippen LogP contribution in [0.25, 0.3) is 22.2 Å². The van der Waals surface area contributed by atoms with Crippen LogP contribution in [0.5, 0.6) is 0 Å². The Kier molecular flexibility index (Phi) is 6.56. The Morgan fingerprint density at radius 1 is 0.905 bits per heavy atom. The Bertz CT molecular complexity index is 1940. The first-order chi connectivity index (χ1) is 20.4. The molecule has 2 aliphatic rings. The number of nitrogens with two attached hydrogens (primary N) is 1. The van der Waals surface area contributed by atoms with Crippen molar-refractivity contribution >= 4 is 32.6 Å². The van der Waals surface area contributed by atoms with E-state index >= 15 is 0 Å². The average Bonchev–Trinajstić information content (AvgIpc) is 3.37. The summed E-state index contributed by atoms with van der Waals surface area (Å²) in [6.45, 7) is 2.06. The monoisotopic (exact) mass is 575 g/mol. The third-order valence-electron chi connectivity index (χ3n) is 8.21. The lowest BCUT2D eigenvalue weighted by Gasteiger charge is -2.37. The van der Waals surface area contributed by atoms with Crippen LogP contribution in [0.2, 0.25) is 0 Å². The minimum atomic E-state index is -3.79. The summed E-state index contributed by atoms with van der Waals surface area (Å²) in [4.78, 5) is 19.1. The van der Waals surface area contributed by atoms with Gasteiger partial charge in [0.25, 0.3) is 10.1 Å². The second-order valence-electron chi connectivity index (χ2n) is 11.1. The van der Waals surface area contributed by atoms with Gasteiger partial charge in [-0.15, -0.1) is 0 Å². The zero-order valence-electron chi connectivity index (χ0n) is 23.0. The molecule has 2 aromatic heterocycles. The van der Waals surface area contributed by atoms with Crippen molar-refractivity contribution in [2.45, 2.75) is 30.7 Å². The smallest absolute Gasteiger partial charge is 0.296 e. The van der Waals surface area contributed by atoms with Gasteiger partial charge in [-0.05, 0) is 55.9 Å². The number of hydrogen-bond acceptors (Lipinski definition) is 8. The Morgan fingerprint density at radius 2 is 1.67 bits per heavy atom. The summed E-state index contributed by atoms with van der Waals surface area (Å²) in [6.07, 6.45) is 3.06. The van der Waals surface area contributed by atoms with Crippen molar-refractivity contribution in [3.8, 4) is 11.3 Å². The van der Waals surface area contributed by atoms with E-state index in [1.165, 1.54) is 6.33 Å². The molecule has 8 nitrogen and oxygen atoms in total. The number of benzene rings is 3. The highest BCUT2D eigenvalue weighted by atomic mass is 32.2. The molecular formula is C33H29N5O3S. The van der Waals surface area contributed by atoms with Crippen molar-refractivity contribution < 1.29 is 12.6 Å². The highest BCUT2D eigenvalue weighted by Crippen LogP contribution is 2.48. The molecule has 42 heavy (non-hydrogen) atoms. The van der Waals surface area contributed by atoms with Crippen LogP contribution in [-0.2, 0) is 14.3 Å². The number of anilines is 1. The molecule has 1 aliphatic heterocycles. The first-order valence-corrected chi connectivity index (χ1v) is 15.4. The molecule has 3 aromatic carbocycles. The van der Waals surface area contributed by atoms with Gasteiger partial charge in [-0.3, -0.25) is 9.18 Å². The Labute approximate surface area is 244 Å². The van der Waals surface area contributed by atoms with E-state index in [-0.39, 0.29) is 29.4 Å². The predicted octanol–water partition coefficient (Wildman–Crippen LogP) is 5.91. The van der Waals surface area contributed by atoms with Gasteiger partial charge in [0.2, 0.25) is 0 Å². The zero-order valence-corrected chi connectivity index (χ0v) is 23.8. The van der Waals surface area contributed by atoms with Gasteiger partial charge >= 0.3 is 0 Å². The summed E-state index contributed by atoms with van der Waals surface area (Å²) in [5.41, 5.74) is 13.5. The van der Waals surface area contributed by atoms with Gasteiger partial charge < -0.3 is 5.73 Å². The minimum absolute atomic E-state index is 0.124. The Balaban J connectivity index is 1.12. The summed E-state index contributed by atoms with van der Waals surface area (Å²) >= 11 is 0. The second kappa shape index (κ2) is 10.4. The van der Waals surface area contributed by atoms with Gasteiger partial charge in [-0.2, -0.15) is 8.42 Å². The largest absolute Gasteiger partial charge is 0.383 e. The number of fused-ring (bicyclic) bond motifs is 2. The number of hydrogen-bond donors (Lipinski definition) is 1. The normalized spacial score (nSPS) is 19.7. The molecule has 3 heterocycles. The molecule has 1 saturated carbocycles. The molecule has 7 rings (SSSR count). The number of aliphatic imine (C=N–C) groups is 1. The van der Waals surface area contributed by atoms with Crippen LogP contribution < -0.4 is 5.73 Å². The first kappa shape index (κ1) is 26.4. The highest BCUT2D eigenvalue weighted by molar-refractivity contribution is 7.86. The van der Waals surface area contributed by atoms with Gasteiger partial charge in [0.15, 0.2) is 0 Å². The van der Waals surface area contributed by atoms with Crippen LogP contribution >= 0.6 is 0 Å². The second-order valence-corrected chi connectivity index (χ2v) is 12.7. The van der Waals surface area contributed by atoms with Crippen molar-refractivity contribution in [3.63, 3.8) is 0 Å². The molecule has 0 radical (unpaired) electrons. The van der Waals surface area contributed by atoms with E-state index in [0.717, 1.165) is 63.1 Å². The van der Waals surface area contributed by atoms with E-state index in [1.54, 1.807) is 24.3 Å². The van der Waals surface area contributed by atoms with Gasteiger partial charge in [0.1, 0.15) is 12.1 Å². The van der Waals surface area contributed by atoms with Gasteiger partial charge in [-0.1, -0.05) is 66.2 Å². The third kappa shape index (κ3) is 4.84. The molecule has 2 N–H and O–H groups in total. The van der Waals surface area contributed by atoms with E-state index < -0.39 is 10.1 Å². The van der Waals surface area contributed by atoms with Gasteiger partial charge in [-0.25, -0.2) is 15.0 Å². The van der Waals surface area contributed by atoms with E-state index in [9.17, 15) is 8.42 Å². The summed E-state index contributed by atoms with van der Waals surface area (Å²) in [6, 6.07) is 26.9. The van der Waals surface area contributed by atoms with Crippen LogP contribution in [0, 0.1) is 18.8 Å². The number of rotatable bonds is 7. The van der Waals surface area contributed by atoms with Crippen LogP contribution in [-0.4, -0.2) is 35.7 Å². The first-order valence-electron chi connectivity index (χ1n) is 14.0. The van der Waals surface area contributed by atoms with Crippen molar-refractivity contribution in [1.82, 2.24) is 15.0 Å². The maximum Gasteiger partial charge on any atom is 0.296 e. The molecule has 9 heteroatoms. The fourth-order valence-corrected chi connectivity index (χ4v) is 6.84. The number of nitrogens with zero attached hydrogens (tertiary/aromatic N) is 4. The Hall–Kier alpha value is -4.47. The molecule has 0 spiro atoms. The summed E-state index contributed by atoms with van der Waals surface area (Å²) in [7, 11) is -3.79. The lowest BCUT2D eigenvalue weighted by atomic mass is 9.71. The molecular weight excluding hydrogens is 546 g/mol. The van der Waals surface area contributed by atoms with E-state index in [4.69, 9.17) is 19.9 Å². The zero-order chi connectivity index (χ0) is 28.8. The molecule has 1 aliphatic carbocycles.